The molecular weight excluding hydrogens is 412 g/mol. The Kier molecular flexibility index (Phi) is 6.02. The zero-order valence-electron chi connectivity index (χ0n) is 17.7. The van der Waals surface area contributed by atoms with Crippen LogP contribution >= 0.6 is 0 Å². The van der Waals surface area contributed by atoms with Gasteiger partial charge in [-0.2, -0.15) is 0 Å². The van der Waals surface area contributed by atoms with Gasteiger partial charge in [-0.15, -0.1) is 0 Å². The number of pyridine rings is 1. The SMILES string of the molecule is Cc1ccc(NC(=O)NC[C@@H]2CCCN(c3nc4ccccn4c(=O)c3[N+](=O)[O-])C2)cc1. The quantitative estimate of drug-likeness (QED) is 0.468. The van der Waals surface area contributed by atoms with Gasteiger partial charge >= 0.3 is 17.3 Å². The van der Waals surface area contributed by atoms with Gasteiger partial charge in [0.25, 0.3) is 0 Å². The van der Waals surface area contributed by atoms with Crippen LogP contribution in [0.4, 0.5) is 22.0 Å². The highest BCUT2D eigenvalue weighted by Gasteiger charge is 2.31. The maximum Gasteiger partial charge on any atom is 0.376 e. The van der Waals surface area contributed by atoms with Crippen LogP contribution in [0.15, 0.2) is 53.5 Å². The molecule has 1 aliphatic rings. The van der Waals surface area contributed by atoms with Crippen LogP contribution in [0, 0.1) is 23.0 Å². The molecule has 32 heavy (non-hydrogen) atoms. The van der Waals surface area contributed by atoms with Crippen molar-refractivity contribution in [3.8, 4) is 0 Å². The lowest BCUT2D eigenvalue weighted by Crippen LogP contribution is -2.43. The molecule has 10 nitrogen and oxygen atoms in total. The fourth-order valence-corrected chi connectivity index (χ4v) is 3.92. The van der Waals surface area contributed by atoms with E-state index in [-0.39, 0.29) is 17.8 Å². The largest absolute Gasteiger partial charge is 0.376 e. The van der Waals surface area contributed by atoms with Crippen LogP contribution in [-0.2, 0) is 0 Å². The maximum atomic E-state index is 12.7. The highest BCUT2D eigenvalue weighted by molar-refractivity contribution is 5.89. The summed E-state index contributed by atoms with van der Waals surface area (Å²) in [6.07, 6.45) is 3.11. The van der Waals surface area contributed by atoms with E-state index in [1.54, 1.807) is 23.1 Å². The average molecular weight is 436 g/mol. The molecule has 2 amide bonds. The van der Waals surface area contributed by atoms with E-state index in [1.165, 1.54) is 10.6 Å². The number of aryl methyl sites for hydroxylation is 1. The van der Waals surface area contributed by atoms with Crippen LogP contribution < -0.4 is 21.1 Å². The zero-order chi connectivity index (χ0) is 22.7. The number of benzene rings is 1. The minimum atomic E-state index is -0.701. The summed E-state index contributed by atoms with van der Waals surface area (Å²) in [6, 6.07) is 12.2. The molecule has 0 radical (unpaired) electrons. The number of carbonyl (C=O) groups is 1. The van der Waals surface area contributed by atoms with Gasteiger partial charge in [0.15, 0.2) is 0 Å². The van der Waals surface area contributed by atoms with Gasteiger partial charge in [0.2, 0.25) is 5.82 Å². The molecule has 1 fully saturated rings. The molecule has 1 saturated heterocycles. The standard InChI is InChI=1S/C22H24N6O4/c1-15-7-9-17(10-8-15)24-22(30)23-13-16-5-4-11-26(14-16)20-19(28(31)32)21(29)27-12-3-2-6-18(27)25-20/h2-3,6-10,12,16H,4-5,11,13-14H2,1H3,(H2,23,24,30)/t16-/m0/s1. The summed E-state index contributed by atoms with van der Waals surface area (Å²) in [5, 5.41) is 17.3. The van der Waals surface area contributed by atoms with Crippen LogP contribution in [0.25, 0.3) is 5.65 Å². The average Bonchev–Trinajstić information content (AvgIpc) is 2.79. The lowest BCUT2D eigenvalue weighted by Gasteiger charge is -2.33. The zero-order valence-corrected chi connectivity index (χ0v) is 17.7. The Morgan fingerprint density at radius 3 is 2.78 bits per heavy atom. The molecule has 2 N–H and O–H groups in total. The molecule has 1 aliphatic heterocycles. The molecule has 0 aliphatic carbocycles. The van der Waals surface area contributed by atoms with Crippen LogP contribution in [0.1, 0.15) is 18.4 Å². The number of hydrogen-bond acceptors (Lipinski definition) is 6. The lowest BCUT2D eigenvalue weighted by molar-refractivity contribution is -0.385. The number of piperidine rings is 1. The first-order valence-corrected chi connectivity index (χ1v) is 10.4. The number of rotatable bonds is 5. The van der Waals surface area contributed by atoms with Crippen molar-refractivity contribution in [1.82, 2.24) is 14.7 Å². The van der Waals surface area contributed by atoms with Gasteiger partial charge in [-0.05, 0) is 49.9 Å². The first-order chi connectivity index (χ1) is 15.4. The van der Waals surface area contributed by atoms with Crippen molar-refractivity contribution in [1.29, 1.82) is 0 Å². The molecule has 4 rings (SSSR count). The second kappa shape index (κ2) is 9.04. The Balaban J connectivity index is 1.47. The fraction of sp³-hybridized carbons (Fsp3) is 0.318. The van der Waals surface area contributed by atoms with Crippen LogP contribution in [0.5, 0.6) is 0 Å². The number of anilines is 2. The third kappa shape index (κ3) is 4.53. The van der Waals surface area contributed by atoms with Crippen LogP contribution in [-0.4, -0.2) is 40.0 Å². The van der Waals surface area contributed by atoms with E-state index in [2.05, 4.69) is 15.6 Å². The van der Waals surface area contributed by atoms with Crippen LogP contribution in [0.2, 0.25) is 0 Å². The maximum absolute atomic E-state index is 12.7. The van der Waals surface area contributed by atoms with E-state index in [0.717, 1.165) is 18.4 Å². The number of fused-ring (bicyclic) bond motifs is 1. The van der Waals surface area contributed by atoms with Crippen molar-refractivity contribution < 1.29 is 9.72 Å². The predicted molar refractivity (Wildman–Crippen MR) is 121 cm³/mol. The second-order valence-corrected chi connectivity index (χ2v) is 7.93. The number of nitro groups is 1. The molecule has 0 spiro atoms. The molecule has 3 aromatic rings. The number of nitrogens with zero attached hydrogens (tertiary/aromatic N) is 4. The van der Waals surface area contributed by atoms with Crippen molar-refractivity contribution in [3.05, 3.63) is 74.7 Å². The molecule has 2 aromatic heterocycles. The predicted octanol–water partition coefficient (Wildman–Crippen LogP) is 2.95. The molecule has 0 saturated carbocycles. The topological polar surface area (TPSA) is 122 Å². The summed E-state index contributed by atoms with van der Waals surface area (Å²) in [5.74, 6) is 0.156. The summed E-state index contributed by atoms with van der Waals surface area (Å²) in [6.45, 7) is 3.40. The van der Waals surface area contributed by atoms with E-state index >= 15 is 0 Å². The summed E-state index contributed by atoms with van der Waals surface area (Å²) in [7, 11) is 0. The third-order valence-electron chi connectivity index (χ3n) is 5.55. The van der Waals surface area contributed by atoms with Gasteiger partial charge in [-0.25, -0.2) is 9.78 Å². The minimum absolute atomic E-state index is 0.0724. The first kappa shape index (κ1) is 21.3. The lowest BCUT2D eigenvalue weighted by atomic mass is 9.98. The Labute approximate surface area is 184 Å². The van der Waals surface area contributed by atoms with Crippen LogP contribution in [0.3, 0.4) is 0 Å². The highest BCUT2D eigenvalue weighted by Crippen LogP contribution is 2.27. The Bertz CT molecular complexity index is 1210. The molecular formula is C22H24N6O4. The van der Waals surface area contributed by atoms with Gasteiger partial charge in [0.1, 0.15) is 5.65 Å². The summed E-state index contributed by atoms with van der Waals surface area (Å²) < 4.78 is 1.18. The number of carbonyl (C=O) groups excluding carboxylic acids is 1. The van der Waals surface area contributed by atoms with E-state index in [9.17, 15) is 19.7 Å². The van der Waals surface area contributed by atoms with Gasteiger partial charge in [-0.3, -0.25) is 19.3 Å². The van der Waals surface area contributed by atoms with E-state index in [4.69, 9.17) is 0 Å². The molecule has 0 bridgehead atoms. The third-order valence-corrected chi connectivity index (χ3v) is 5.55. The smallest absolute Gasteiger partial charge is 0.350 e. The summed E-state index contributed by atoms with van der Waals surface area (Å²) >= 11 is 0. The first-order valence-electron chi connectivity index (χ1n) is 10.4. The fourth-order valence-electron chi connectivity index (χ4n) is 3.92. The van der Waals surface area contributed by atoms with Crippen molar-refractivity contribution in [2.45, 2.75) is 19.8 Å². The van der Waals surface area contributed by atoms with Crippen molar-refractivity contribution in [3.63, 3.8) is 0 Å². The molecule has 10 heteroatoms. The molecule has 1 aromatic carbocycles. The van der Waals surface area contributed by atoms with E-state index < -0.39 is 16.2 Å². The normalized spacial score (nSPS) is 16.0. The minimum Gasteiger partial charge on any atom is -0.350 e. The number of aromatic nitrogens is 2. The number of nitrogens with one attached hydrogen (secondary N) is 2. The Hall–Kier alpha value is -3.95. The van der Waals surface area contributed by atoms with Gasteiger partial charge in [0, 0.05) is 31.5 Å². The monoisotopic (exact) mass is 436 g/mol. The Morgan fingerprint density at radius 2 is 2.03 bits per heavy atom. The summed E-state index contributed by atoms with van der Waals surface area (Å²) in [5.41, 5.74) is 0.938. The number of urea groups is 1. The highest BCUT2D eigenvalue weighted by atomic mass is 16.6. The van der Waals surface area contributed by atoms with Crippen molar-refractivity contribution >= 4 is 28.9 Å². The molecule has 3 heterocycles. The molecule has 0 unspecified atom stereocenters. The molecule has 166 valence electrons. The van der Waals surface area contributed by atoms with Crippen molar-refractivity contribution in [2.75, 3.05) is 29.9 Å². The van der Waals surface area contributed by atoms with Gasteiger partial charge < -0.3 is 15.5 Å². The number of hydrogen-bond donors (Lipinski definition) is 2. The van der Waals surface area contributed by atoms with Crippen molar-refractivity contribution in [2.24, 2.45) is 5.92 Å². The van der Waals surface area contributed by atoms with E-state index in [1.807, 2.05) is 31.2 Å². The Morgan fingerprint density at radius 1 is 1.25 bits per heavy atom. The number of amides is 2. The van der Waals surface area contributed by atoms with Gasteiger partial charge in [-0.1, -0.05) is 23.8 Å². The van der Waals surface area contributed by atoms with E-state index in [0.29, 0.717) is 31.0 Å². The molecule has 1 atom stereocenters. The summed E-state index contributed by atoms with van der Waals surface area (Å²) in [4.78, 5) is 42.2. The second-order valence-electron chi connectivity index (χ2n) is 7.93. The van der Waals surface area contributed by atoms with Gasteiger partial charge in [0.05, 0.1) is 4.92 Å².